The summed E-state index contributed by atoms with van der Waals surface area (Å²) >= 11 is 0. The number of ketones is 3. The molecule has 0 N–H and O–H groups in total. The largest absolute Gasteiger partial charge is 0.352 e. The van der Waals surface area contributed by atoms with Crippen molar-refractivity contribution in [3.05, 3.63) is 142 Å². The topological polar surface area (TPSA) is 54.5 Å². The van der Waals surface area contributed by atoms with Crippen molar-refractivity contribution in [2.24, 2.45) is 5.41 Å². The van der Waals surface area contributed by atoms with Crippen LogP contribution in [0.5, 0.6) is 0 Å². The van der Waals surface area contributed by atoms with Crippen LogP contribution in [-0.4, -0.2) is 29.4 Å². The fraction of sp³-hybridized carbons (Fsp3) is 0.147. The highest BCUT2D eigenvalue weighted by Gasteiger charge is 2.71. The van der Waals surface area contributed by atoms with Crippen molar-refractivity contribution in [1.82, 2.24) is 0 Å². The highest BCUT2D eigenvalue weighted by Crippen LogP contribution is 2.60. The molecule has 1 aliphatic carbocycles. The quantitative estimate of drug-likeness (QED) is 0.233. The number of Topliss-reactive ketones (excluding diaryl/α,β-unsaturated/α-hetero) is 3. The van der Waals surface area contributed by atoms with E-state index in [4.69, 9.17) is 0 Å². The maximum absolute atomic E-state index is 14.5. The van der Waals surface area contributed by atoms with E-state index in [0.717, 1.165) is 11.1 Å². The Morgan fingerprint density at radius 3 is 2.13 bits per heavy atom. The molecule has 0 unspecified atom stereocenters. The molecule has 0 aromatic heterocycles. The average molecular weight is 514 g/mol. The van der Waals surface area contributed by atoms with Crippen LogP contribution < -0.4 is 4.90 Å². The molecule has 0 radical (unpaired) electrons. The SMILES string of the molecule is Cc1ccc(C(=O)[C@@H]2[C@H](c3ccccc3)C3(C(=O)c4ccccc4C3=O)[C@@H]3C=Cc4cc(F)ccc4N23)cc1. The number of fused-ring (bicyclic) bond motifs is 5. The molecule has 4 aromatic carbocycles. The number of nitrogens with zero attached hydrogens (tertiary/aromatic N) is 1. The van der Waals surface area contributed by atoms with Gasteiger partial charge in [-0.25, -0.2) is 4.39 Å². The van der Waals surface area contributed by atoms with E-state index >= 15 is 0 Å². The first-order chi connectivity index (χ1) is 18.9. The van der Waals surface area contributed by atoms with Gasteiger partial charge in [-0.1, -0.05) is 96.6 Å². The Balaban J connectivity index is 1.54. The molecule has 0 bridgehead atoms. The zero-order chi connectivity index (χ0) is 26.9. The molecule has 2 heterocycles. The standard InChI is InChI=1S/C34H24FNO3/c1-20-11-13-22(14-12-20)31(37)30-29(21-7-3-2-4-8-21)34(32(38)25-9-5-6-10-26(25)33(34)39)28-18-15-23-19-24(35)16-17-27(23)36(28)30/h2-19,28-30H,1H3/t28-,29-,30-/m0/s1. The molecule has 7 rings (SSSR count). The fourth-order valence-electron chi connectivity index (χ4n) is 6.87. The Hall–Kier alpha value is -4.64. The van der Waals surface area contributed by atoms with Gasteiger partial charge in [0.25, 0.3) is 0 Å². The zero-order valence-corrected chi connectivity index (χ0v) is 21.2. The molecule has 39 heavy (non-hydrogen) atoms. The van der Waals surface area contributed by atoms with Crippen LogP contribution in [0, 0.1) is 18.2 Å². The van der Waals surface area contributed by atoms with Crippen molar-refractivity contribution >= 4 is 29.1 Å². The number of hydrogen-bond donors (Lipinski definition) is 0. The third-order valence-electron chi connectivity index (χ3n) is 8.53. The number of hydrogen-bond acceptors (Lipinski definition) is 4. The molecular formula is C34H24FNO3. The van der Waals surface area contributed by atoms with Gasteiger partial charge in [0.05, 0.1) is 6.04 Å². The Morgan fingerprint density at radius 1 is 0.821 bits per heavy atom. The minimum absolute atomic E-state index is 0.187. The molecule has 4 aromatic rings. The molecule has 3 aliphatic rings. The van der Waals surface area contributed by atoms with Gasteiger partial charge in [-0.3, -0.25) is 14.4 Å². The van der Waals surface area contributed by atoms with Gasteiger partial charge < -0.3 is 4.90 Å². The predicted molar refractivity (Wildman–Crippen MR) is 148 cm³/mol. The lowest BCUT2D eigenvalue weighted by molar-refractivity contribution is 0.0666. The number of halogens is 1. The smallest absolute Gasteiger partial charge is 0.185 e. The van der Waals surface area contributed by atoms with Crippen molar-refractivity contribution in [3.63, 3.8) is 0 Å². The molecule has 1 fully saturated rings. The molecule has 3 atom stereocenters. The van der Waals surface area contributed by atoms with Crippen LogP contribution in [0.3, 0.4) is 0 Å². The summed E-state index contributed by atoms with van der Waals surface area (Å²) < 4.78 is 14.3. The van der Waals surface area contributed by atoms with Gasteiger partial charge in [0.1, 0.15) is 17.3 Å². The van der Waals surface area contributed by atoms with E-state index in [-0.39, 0.29) is 17.3 Å². The lowest BCUT2D eigenvalue weighted by Gasteiger charge is -2.37. The van der Waals surface area contributed by atoms with Gasteiger partial charge in [-0.2, -0.15) is 0 Å². The minimum atomic E-state index is -1.56. The van der Waals surface area contributed by atoms with Crippen LogP contribution in [0.4, 0.5) is 10.1 Å². The van der Waals surface area contributed by atoms with E-state index in [1.54, 1.807) is 48.5 Å². The van der Waals surface area contributed by atoms with E-state index in [1.807, 2.05) is 60.4 Å². The second-order valence-corrected chi connectivity index (χ2v) is 10.6. The van der Waals surface area contributed by atoms with Crippen LogP contribution in [0.15, 0.2) is 103 Å². The summed E-state index contributed by atoms with van der Waals surface area (Å²) in [6.45, 7) is 1.95. The van der Waals surface area contributed by atoms with Crippen LogP contribution in [0.1, 0.15) is 53.7 Å². The first-order valence-corrected chi connectivity index (χ1v) is 13.0. The minimum Gasteiger partial charge on any atom is -0.352 e. The normalized spacial score (nSPS) is 22.1. The molecular weight excluding hydrogens is 489 g/mol. The maximum Gasteiger partial charge on any atom is 0.185 e. The third kappa shape index (κ3) is 3.13. The molecule has 1 spiro atoms. The number of anilines is 1. The van der Waals surface area contributed by atoms with E-state index < -0.39 is 29.2 Å². The number of carbonyl (C=O) groups is 3. The van der Waals surface area contributed by atoms with Crippen LogP contribution in [0.25, 0.3) is 6.08 Å². The Kier molecular flexibility index (Phi) is 5.08. The lowest BCUT2D eigenvalue weighted by Crippen LogP contribution is -2.48. The highest BCUT2D eigenvalue weighted by molar-refractivity contribution is 6.32. The van der Waals surface area contributed by atoms with Gasteiger partial charge in [0.2, 0.25) is 0 Å². The number of benzene rings is 4. The van der Waals surface area contributed by atoms with E-state index in [9.17, 15) is 18.8 Å². The van der Waals surface area contributed by atoms with E-state index in [2.05, 4.69) is 0 Å². The number of aryl methyl sites for hydroxylation is 1. The van der Waals surface area contributed by atoms with Gasteiger partial charge in [-0.05, 0) is 30.7 Å². The molecule has 2 aliphatic heterocycles. The van der Waals surface area contributed by atoms with Crippen LogP contribution in [0.2, 0.25) is 0 Å². The van der Waals surface area contributed by atoms with E-state index in [0.29, 0.717) is 27.9 Å². The first-order valence-electron chi connectivity index (χ1n) is 13.0. The second kappa shape index (κ2) is 8.43. The molecule has 190 valence electrons. The van der Waals surface area contributed by atoms with Gasteiger partial charge in [-0.15, -0.1) is 0 Å². The van der Waals surface area contributed by atoms with Crippen molar-refractivity contribution in [1.29, 1.82) is 0 Å². The van der Waals surface area contributed by atoms with Crippen molar-refractivity contribution < 1.29 is 18.8 Å². The summed E-state index contributed by atoms with van der Waals surface area (Å²) in [6.07, 6.45) is 3.58. The average Bonchev–Trinajstić information content (AvgIpc) is 3.39. The summed E-state index contributed by atoms with van der Waals surface area (Å²) in [5.41, 5.74) is 2.69. The third-order valence-corrected chi connectivity index (χ3v) is 8.53. The summed E-state index contributed by atoms with van der Waals surface area (Å²) in [7, 11) is 0. The lowest BCUT2D eigenvalue weighted by atomic mass is 9.64. The second-order valence-electron chi connectivity index (χ2n) is 10.6. The highest BCUT2D eigenvalue weighted by atomic mass is 19.1. The zero-order valence-electron chi connectivity index (χ0n) is 21.2. The van der Waals surface area contributed by atoms with E-state index in [1.165, 1.54) is 12.1 Å². The Bertz CT molecular complexity index is 1670. The summed E-state index contributed by atoms with van der Waals surface area (Å²) in [5, 5.41) is 0. The van der Waals surface area contributed by atoms with Crippen molar-refractivity contribution in [3.8, 4) is 0 Å². The van der Waals surface area contributed by atoms with Crippen molar-refractivity contribution in [2.75, 3.05) is 4.90 Å². The Morgan fingerprint density at radius 2 is 1.46 bits per heavy atom. The number of carbonyl (C=O) groups excluding carboxylic acids is 3. The maximum atomic E-state index is 14.5. The molecule has 5 heteroatoms. The van der Waals surface area contributed by atoms with Crippen molar-refractivity contribution in [2.45, 2.75) is 24.9 Å². The van der Waals surface area contributed by atoms with Gasteiger partial charge in [0, 0.05) is 33.9 Å². The fourth-order valence-corrected chi connectivity index (χ4v) is 6.87. The molecule has 0 amide bonds. The van der Waals surface area contributed by atoms with Gasteiger partial charge >= 0.3 is 0 Å². The summed E-state index contributed by atoms with van der Waals surface area (Å²) in [6, 6.07) is 26.5. The van der Waals surface area contributed by atoms with Crippen LogP contribution >= 0.6 is 0 Å². The molecule has 1 saturated heterocycles. The predicted octanol–water partition coefficient (Wildman–Crippen LogP) is 6.45. The Labute approximate surface area is 225 Å². The molecule has 4 nitrogen and oxygen atoms in total. The summed E-state index contributed by atoms with van der Waals surface area (Å²) in [5.74, 6) is -1.91. The van der Waals surface area contributed by atoms with Crippen LogP contribution in [-0.2, 0) is 0 Å². The monoisotopic (exact) mass is 513 g/mol. The summed E-state index contributed by atoms with van der Waals surface area (Å²) in [4.78, 5) is 45.5. The molecule has 0 saturated carbocycles. The number of rotatable bonds is 3. The van der Waals surface area contributed by atoms with Gasteiger partial charge in [0.15, 0.2) is 17.3 Å². The first kappa shape index (κ1) is 23.5.